The van der Waals surface area contributed by atoms with Crippen LogP contribution in [0.3, 0.4) is 0 Å². The summed E-state index contributed by atoms with van der Waals surface area (Å²) in [7, 11) is 0. The maximum atomic E-state index is 12.3. The highest BCUT2D eigenvalue weighted by Gasteiger charge is 2.27. The Hall–Kier alpha value is -2.44. The number of fused-ring (bicyclic) bond motifs is 1. The number of amides is 1. The Labute approximate surface area is 198 Å². The fourth-order valence-electron chi connectivity index (χ4n) is 4.05. The maximum Gasteiger partial charge on any atom is 0.407 e. The fraction of sp³-hybridized carbons (Fsp3) is 0.417. The van der Waals surface area contributed by atoms with Crippen LogP contribution in [-0.2, 0) is 11.3 Å². The number of benzene rings is 2. The first-order valence-electron chi connectivity index (χ1n) is 10.8. The van der Waals surface area contributed by atoms with Crippen LogP contribution in [0.25, 0.3) is 11.0 Å². The van der Waals surface area contributed by atoms with Gasteiger partial charge in [0.2, 0.25) is 5.95 Å². The van der Waals surface area contributed by atoms with Gasteiger partial charge >= 0.3 is 6.09 Å². The number of carbonyl (C=O) groups excluding carboxylic acids is 1. The van der Waals surface area contributed by atoms with Gasteiger partial charge in [-0.25, -0.2) is 9.78 Å². The zero-order valence-electron chi connectivity index (χ0n) is 18.6. The van der Waals surface area contributed by atoms with E-state index < -0.39 is 5.60 Å². The molecular weight excluding hydrogens is 447 g/mol. The third-order valence-corrected chi connectivity index (χ3v) is 6.15. The molecule has 1 fully saturated rings. The molecule has 2 heterocycles. The second-order valence-electron chi connectivity index (χ2n) is 9.12. The molecule has 0 radical (unpaired) electrons. The predicted octanol–water partition coefficient (Wildman–Crippen LogP) is 5.88. The summed E-state index contributed by atoms with van der Waals surface area (Å²) in [6, 6.07) is 13.6. The normalized spacial score (nSPS) is 16.9. The van der Waals surface area contributed by atoms with Crippen molar-refractivity contribution in [2.75, 3.05) is 18.0 Å². The number of rotatable bonds is 4. The number of alkyl carbamates (subject to hydrolysis) is 1. The van der Waals surface area contributed by atoms with Crippen molar-refractivity contribution in [2.45, 2.75) is 51.8 Å². The highest BCUT2D eigenvalue weighted by molar-refractivity contribution is 6.36. The standard InChI is InChI=1S/C24H28Cl2N4O2/c1-24(2,3)32-23(31)27-16-8-7-13-29(14-16)22-28-20-11-4-5-12-21(20)30(22)15-17-18(25)9-6-10-19(17)26/h4-6,9-12,16H,7-8,13-15H2,1-3H3,(H,27,31). The molecule has 1 saturated heterocycles. The zero-order valence-corrected chi connectivity index (χ0v) is 20.1. The molecule has 1 aliphatic rings. The minimum absolute atomic E-state index is 0.0178. The van der Waals surface area contributed by atoms with Gasteiger partial charge in [-0.2, -0.15) is 0 Å². The first-order valence-corrected chi connectivity index (χ1v) is 11.6. The number of anilines is 1. The second kappa shape index (κ2) is 9.20. The van der Waals surface area contributed by atoms with Crippen LogP contribution in [-0.4, -0.2) is 40.4 Å². The van der Waals surface area contributed by atoms with Crippen LogP contribution >= 0.6 is 23.2 Å². The van der Waals surface area contributed by atoms with Crippen molar-refractivity contribution in [2.24, 2.45) is 0 Å². The lowest BCUT2D eigenvalue weighted by Gasteiger charge is -2.34. The minimum Gasteiger partial charge on any atom is -0.444 e. The Morgan fingerprint density at radius 1 is 1.16 bits per heavy atom. The Bertz CT molecular complexity index is 1100. The topological polar surface area (TPSA) is 59.4 Å². The molecule has 1 amide bonds. The molecule has 0 bridgehead atoms. The third-order valence-electron chi connectivity index (χ3n) is 5.44. The molecule has 1 aliphatic heterocycles. The van der Waals surface area contributed by atoms with Gasteiger partial charge in [-0.15, -0.1) is 0 Å². The summed E-state index contributed by atoms with van der Waals surface area (Å²) < 4.78 is 7.59. The smallest absolute Gasteiger partial charge is 0.407 e. The van der Waals surface area contributed by atoms with Crippen molar-refractivity contribution in [1.82, 2.24) is 14.9 Å². The molecule has 0 aliphatic carbocycles. The Balaban J connectivity index is 1.62. The number of ether oxygens (including phenoxy) is 1. The van der Waals surface area contributed by atoms with E-state index in [4.69, 9.17) is 32.9 Å². The minimum atomic E-state index is -0.527. The van der Waals surface area contributed by atoms with E-state index in [0.717, 1.165) is 41.9 Å². The Morgan fingerprint density at radius 2 is 1.88 bits per heavy atom. The number of nitrogens with zero attached hydrogens (tertiary/aromatic N) is 3. The van der Waals surface area contributed by atoms with E-state index in [1.807, 2.05) is 57.2 Å². The molecule has 4 rings (SSSR count). The van der Waals surface area contributed by atoms with Crippen molar-refractivity contribution < 1.29 is 9.53 Å². The molecule has 1 N–H and O–H groups in total. The molecule has 32 heavy (non-hydrogen) atoms. The molecule has 0 saturated carbocycles. The number of hydrogen-bond acceptors (Lipinski definition) is 4. The van der Waals surface area contributed by atoms with E-state index in [1.165, 1.54) is 0 Å². The van der Waals surface area contributed by atoms with E-state index >= 15 is 0 Å². The van der Waals surface area contributed by atoms with Crippen LogP contribution < -0.4 is 10.2 Å². The Kier molecular flexibility index (Phi) is 6.54. The van der Waals surface area contributed by atoms with E-state index in [-0.39, 0.29) is 12.1 Å². The van der Waals surface area contributed by atoms with E-state index in [1.54, 1.807) is 0 Å². The summed E-state index contributed by atoms with van der Waals surface area (Å²) in [4.78, 5) is 19.4. The molecule has 1 aromatic heterocycles. The predicted molar refractivity (Wildman–Crippen MR) is 130 cm³/mol. The van der Waals surface area contributed by atoms with Gasteiger partial charge in [0.1, 0.15) is 5.60 Å². The summed E-state index contributed by atoms with van der Waals surface area (Å²) in [5, 5.41) is 4.27. The van der Waals surface area contributed by atoms with Crippen molar-refractivity contribution in [1.29, 1.82) is 0 Å². The van der Waals surface area contributed by atoms with Crippen molar-refractivity contribution in [3.05, 3.63) is 58.1 Å². The number of carbonyl (C=O) groups is 1. The summed E-state index contributed by atoms with van der Waals surface area (Å²) in [6.07, 6.45) is 1.45. The highest BCUT2D eigenvalue weighted by Crippen LogP contribution is 2.31. The van der Waals surface area contributed by atoms with Gasteiger partial charge in [0, 0.05) is 34.7 Å². The van der Waals surface area contributed by atoms with Gasteiger partial charge in [-0.05, 0) is 57.9 Å². The first kappa shape index (κ1) is 22.7. The average molecular weight is 475 g/mol. The molecule has 1 unspecified atom stereocenters. The number of piperidine rings is 1. The van der Waals surface area contributed by atoms with Crippen LogP contribution in [0, 0.1) is 0 Å². The lowest BCUT2D eigenvalue weighted by atomic mass is 10.1. The number of hydrogen-bond donors (Lipinski definition) is 1. The quantitative estimate of drug-likeness (QED) is 0.512. The number of nitrogens with one attached hydrogen (secondary N) is 1. The molecule has 170 valence electrons. The van der Waals surface area contributed by atoms with Crippen LogP contribution in [0.1, 0.15) is 39.2 Å². The first-order chi connectivity index (χ1) is 15.2. The molecule has 6 nitrogen and oxygen atoms in total. The number of aromatic nitrogens is 2. The summed E-state index contributed by atoms with van der Waals surface area (Å²) in [5.74, 6) is 0.845. The second-order valence-corrected chi connectivity index (χ2v) is 9.93. The zero-order chi connectivity index (χ0) is 22.9. The van der Waals surface area contributed by atoms with Crippen LogP contribution in [0.4, 0.5) is 10.7 Å². The highest BCUT2D eigenvalue weighted by atomic mass is 35.5. The largest absolute Gasteiger partial charge is 0.444 e. The Morgan fingerprint density at radius 3 is 2.59 bits per heavy atom. The SMILES string of the molecule is CC(C)(C)OC(=O)NC1CCCN(c2nc3ccccc3n2Cc2c(Cl)cccc2Cl)C1. The lowest BCUT2D eigenvalue weighted by Crippen LogP contribution is -2.49. The van der Waals surface area contributed by atoms with Crippen molar-refractivity contribution >= 4 is 46.3 Å². The monoisotopic (exact) mass is 474 g/mol. The van der Waals surface area contributed by atoms with E-state index in [2.05, 4.69) is 20.9 Å². The van der Waals surface area contributed by atoms with Crippen LogP contribution in [0.2, 0.25) is 10.0 Å². The molecule has 8 heteroatoms. The van der Waals surface area contributed by atoms with Crippen molar-refractivity contribution in [3.8, 4) is 0 Å². The van der Waals surface area contributed by atoms with Gasteiger partial charge in [0.25, 0.3) is 0 Å². The van der Waals surface area contributed by atoms with Gasteiger partial charge in [0.15, 0.2) is 0 Å². The number of halogens is 2. The molecule has 1 atom stereocenters. The third kappa shape index (κ3) is 5.13. The average Bonchev–Trinajstić information content (AvgIpc) is 3.08. The maximum absolute atomic E-state index is 12.3. The summed E-state index contributed by atoms with van der Waals surface area (Å²) in [6.45, 7) is 7.60. The van der Waals surface area contributed by atoms with E-state index in [9.17, 15) is 4.79 Å². The molecule has 3 aromatic rings. The van der Waals surface area contributed by atoms with Crippen LogP contribution in [0.5, 0.6) is 0 Å². The molecule has 2 aromatic carbocycles. The lowest BCUT2D eigenvalue weighted by molar-refractivity contribution is 0.0500. The number of para-hydroxylation sites is 2. The van der Waals surface area contributed by atoms with E-state index in [0.29, 0.717) is 23.1 Å². The fourth-order valence-corrected chi connectivity index (χ4v) is 4.57. The van der Waals surface area contributed by atoms with Gasteiger partial charge in [-0.3, -0.25) is 0 Å². The van der Waals surface area contributed by atoms with Crippen LogP contribution in [0.15, 0.2) is 42.5 Å². The number of imidazole rings is 1. The molecule has 0 spiro atoms. The summed E-state index contributed by atoms with van der Waals surface area (Å²) >= 11 is 13.0. The van der Waals surface area contributed by atoms with Crippen molar-refractivity contribution in [3.63, 3.8) is 0 Å². The van der Waals surface area contributed by atoms with Gasteiger partial charge < -0.3 is 19.5 Å². The molecular formula is C24H28Cl2N4O2. The van der Waals surface area contributed by atoms with Gasteiger partial charge in [0.05, 0.1) is 17.6 Å². The van der Waals surface area contributed by atoms with Gasteiger partial charge in [-0.1, -0.05) is 41.4 Å². The summed E-state index contributed by atoms with van der Waals surface area (Å²) in [5.41, 5.74) is 2.26.